The molecule has 0 fully saturated rings. The number of aliphatic hydroxyl groups is 1. The van der Waals surface area contributed by atoms with Gasteiger partial charge in [-0.05, 0) is 47.9 Å². The molecule has 0 amide bonds. The summed E-state index contributed by atoms with van der Waals surface area (Å²) in [5.74, 6) is 0.933. The van der Waals surface area contributed by atoms with Crippen LogP contribution >= 0.6 is 0 Å². The second-order valence-corrected chi connectivity index (χ2v) is 4.99. The first-order valence-electron chi connectivity index (χ1n) is 6.10. The summed E-state index contributed by atoms with van der Waals surface area (Å²) in [5, 5.41) is 19.1. The number of aromatic hydroxyl groups is 1. The van der Waals surface area contributed by atoms with Gasteiger partial charge in [0.2, 0.25) is 0 Å². The maximum atomic E-state index is 9.94. The molecule has 0 bridgehead atoms. The summed E-state index contributed by atoms with van der Waals surface area (Å²) < 4.78 is 0. The minimum absolute atomic E-state index is 0.0134. The van der Waals surface area contributed by atoms with Crippen LogP contribution in [-0.4, -0.2) is 16.8 Å². The summed E-state index contributed by atoms with van der Waals surface area (Å²) >= 11 is 0. The van der Waals surface area contributed by atoms with E-state index in [4.69, 9.17) is 0 Å². The lowest BCUT2D eigenvalue weighted by Gasteiger charge is -2.24. The number of rotatable bonds is 2. The van der Waals surface area contributed by atoms with Crippen molar-refractivity contribution in [3.63, 3.8) is 0 Å². The number of aryl methyl sites for hydroxylation is 1. The summed E-state index contributed by atoms with van der Waals surface area (Å²) in [5.41, 5.74) is 3.53. The minimum Gasteiger partial charge on any atom is -0.508 e. The van der Waals surface area contributed by atoms with Gasteiger partial charge in [-0.3, -0.25) is 0 Å². The van der Waals surface area contributed by atoms with E-state index in [-0.39, 0.29) is 12.5 Å². The van der Waals surface area contributed by atoms with Gasteiger partial charge in [-0.15, -0.1) is 0 Å². The van der Waals surface area contributed by atoms with Gasteiger partial charge in [-0.2, -0.15) is 0 Å². The molecule has 1 aliphatic carbocycles. The Bertz CT molecular complexity index is 385. The molecule has 0 spiro atoms. The standard InChI is InChI=1S/C14H20O2/c1-9-4-3-5-11-6-14(16)13(7-12(9)11)10(2)8-15/h6-7,9-10,15-16H,3-5,8H2,1-2H3/t9-,10?/m0/s1. The molecular formula is C14H20O2. The maximum Gasteiger partial charge on any atom is 0.119 e. The molecular weight excluding hydrogens is 200 g/mol. The zero-order valence-electron chi connectivity index (χ0n) is 10.0. The molecule has 1 unspecified atom stereocenters. The van der Waals surface area contributed by atoms with Crippen molar-refractivity contribution in [1.29, 1.82) is 0 Å². The number of benzene rings is 1. The highest BCUT2D eigenvalue weighted by molar-refractivity contribution is 5.46. The molecule has 0 radical (unpaired) electrons. The van der Waals surface area contributed by atoms with E-state index < -0.39 is 0 Å². The van der Waals surface area contributed by atoms with Crippen molar-refractivity contribution in [2.75, 3.05) is 6.61 Å². The first kappa shape index (κ1) is 11.5. The average molecular weight is 220 g/mol. The molecule has 2 atom stereocenters. The van der Waals surface area contributed by atoms with Crippen LogP contribution in [0.15, 0.2) is 12.1 Å². The van der Waals surface area contributed by atoms with Gasteiger partial charge in [-0.1, -0.05) is 19.9 Å². The second-order valence-electron chi connectivity index (χ2n) is 4.99. The highest BCUT2D eigenvalue weighted by Crippen LogP contribution is 2.37. The molecule has 2 heteroatoms. The Labute approximate surface area is 96.9 Å². The van der Waals surface area contributed by atoms with Crippen LogP contribution in [0.4, 0.5) is 0 Å². The fraction of sp³-hybridized carbons (Fsp3) is 0.571. The van der Waals surface area contributed by atoms with Crippen LogP contribution in [0.3, 0.4) is 0 Å². The Hall–Kier alpha value is -1.02. The van der Waals surface area contributed by atoms with Crippen LogP contribution in [0.2, 0.25) is 0 Å². The Kier molecular flexibility index (Phi) is 3.20. The summed E-state index contributed by atoms with van der Waals surface area (Å²) in [7, 11) is 0. The van der Waals surface area contributed by atoms with Crippen molar-refractivity contribution in [2.45, 2.75) is 44.9 Å². The van der Waals surface area contributed by atoms with Gasteiger partial charge in [0, 0.05) is 12.5 Å². The van der Waals surface area contributed by atoms with Crippen molar-refractivity contribution in [3.05, 3.63) is 28.8 Å². The van der Waals surface area contributed by atoms with Crippen molar-refractivity contribution in [1.82, 2.24) is 0 Å². The molecule has 0 saturated carbocycles. The quantitative estimate of drug-likeness (QED) is 0.804. The van der Waals surface area contributed by atoms with Crippen molar-refractivity contribution in [3.8, 4) is 5.75 Å². The minimum atomic E-state index is 0.0134. The lowest BCUT2D eigenvalue weighted by atomic mass is 9.81. The van der Waals surface area contributed by atoms with E-state index >= 15 is 0 Å². The van der Waals surface area contributed by atoms with Gasteiger partial charge in [0.05, 0.1) is 0 Å². The van der Waals surface area contributed by atoms with Crippen LogP contribution in [0, 0.1) is 0 Å². The van der Waals surface area contributed by atoms with E-state index in [2.05, 4.69) is 13.0 Å². The lowest BCUT2D eigenvalue weighted by Crippen LogP contribution is -2.09. The molecule has 1 aromatic rings. The molecule has 1 aromatic carbocycles. The maximum absolute atomic E-state index is 9.94. The highest BCUT2D eigenvalue weighted by Gasteiger charge is 2.20. The molecule has 2 nitrogen and oxygen atoms in total. The Morgan fingerprint density at radius 1 is 1.44 bits per heavy atom. The SMILES string of the molecule is CC(CO)c1cc2c(cc1O)CCC[C@@H]2C. The predicted molar refractivity (Wildman–Crippen MR) is 65.0 cm³/mol. The molecule has 0 aliphatic heterocycles. The zero-order chi connectivity index (χ0) is 11.7. The van der Waals surface area contributed by atoms with Gasteiger partial charge >= 0.3 is 0 Å². The third-order valence-corrected chi connectivity index (χ3v) is 3.71. The third-order valence-electron chi connectivity index (χ3n) is 3.71. The highest BCUT2D eigenvalue weighted by atomic mass is 16.3. The monoisotopic (exact) mass is 220 g/mol. The van der Waals surface area contributed by atoms with E-state index in [1.165, 1.54) is 24.0 Å². The number of phenolic OH excluding ortho intramolecular Hbond substituents is 1. The Morgan fingerprint density at radius 2 is 2.19 bits per heavy atom. The number of fused-ring (bicyclic) bond motifs is 1. The first-order chi connectivity index (χ1) is 7.63. The smallest absolute Gasteiger partial charge is 0.119 e. The first-order valence-corrected chi connectivity index (χ1v) is 6.10. The fourth-order valence-electron chi connectivity index (χ4n) is 2.59. The van der Waals surface area contributed by atoms with Crippen LogP contribution in [-0.2, 0) is 6.42 Å². The molecule has 0 heterocycles. The second kappa shape index (κ2) is 4.46. The zero-order valence-corrected chi connectivity index (χ0v) is 10.0. The third kappa shape index (κ3) is 1.94. The molecule has 88 valence electrons. The fourth-order valence-corrected chi connectivity index (χ4v) is 2.59. The van der Waals surface area contributed by atoms with Crippen LogP contribution < -0.4 is 0 Å². The van der Waals surface area contributed by atoms with E-state index in [0.717, 1.165) is 12.0 Å². The van der Waals surface area contributed by atoms with Crippen LogP contribution in [0.5, 0.6) is 5.75 Å². The Balaban J connectivity index is 2.45. The van der Waals surface area contributed by atoms with Gasteiger partial charge in [-0.25, -0.2) is 0 Å². The topological polar surface area (TPSA) is 40.5 Å². The van der Waals surface area contributed by atoms with Crippen molar-refractivity contribution >= 4 is 0 Å². The van der Waals surface area contributed by atoms with Crippen LogP contribution in [0.25, 0.3) is 0 Å². The summed E-state index contributed by atoms with van der Waals surface area (Å²) in [6, 6.07) is 3.99. The number of aliphatic hydroxyl groups excluding tert-OH is 1. The van der Waals surface area contributed by atoms with Gasteiger partial charge in [0.1, 0.15) is 5.75 Å². The summed E-state index contributed by atoms with van der Waals surface area (Å²) in [4.78, 5) is 0. The number of hydrogen-bond donors (Lipinski definition) is 2. The molecule has 2 rings (SSSR count). The van der Waals surface area contributed by atoms with Crippen LogP contribution in [0.1, 0.15) is 55.2 Å². The van der Waals surface area contributed by atoms with Crippen molar-refractivity contribution in [2.24, 2.45) is 0 Å². The molecule has 0 aromatic heterocycles. The van der Waals surface area contributed by atoms with Gasteiger partial charge in [0.25, 0.3) is 0 Å². The average Bonchev–Trinajstić information content (AvgIpc) is 2.28. The van der Waals surface area contributed by atoms with Gasteiger partial charge in [0.15, 0.2) is 0 Å². The van der Waals surface area contributed by atoms with E-state index in [0.29, 0.717) is 11.7 Å². The molecule has 0 saturated heterocycles. The van der Waals surface area contributed by atoms with E-state index in [1.54, 1.807) is 0 Å². The molecule has 2 N–H and O–H groups in total. The lowest BCUT2D eigenvalue weighted by molar-refractivity contribution is 0.270. The molecule has 1 aliphatic rings. The van der Waals surface area contributed by atoms with E-state index in [1.807, 2.05) is 13.0 Å². The normalized spacial score (nSPS) is 21.6. The predicted octanol–water partition coefficient (Wildman–Crippen LogP) is 2.93. The van der Waals surface area contributed by atoms with Crippen molar-refractivity contribution < 1.29 is 10.2 Å². The number of hydrogen-bond acceptors (Lipinski definition) is 2. The Morgan fingerprint density at radius 3 is 2.88 bits per heavy atom. The number of phenols is 1. The largest absolute Gasteiger partial charge is 0.508 e. The summed E-state index contributed by atoms with van der Waals surface area (Å²) in [6.07, 6.45) is 3.51. The van der Waals surface area contributed by atoms with Gasteiger partial charge < -0.3 is 10.2 Å². The van der Waals surface area contributed by atoms with E-state index in [9.17, 15) is 10.2 Å². The molecule has 16 heavy (non-hydrogen) atoms. The summed E-state index contributed by atoms with van der Waals surface area (Å²) in [6.45, 7) is 4.26.